The van der Waals surface area contributed by atoms with Gasteiger partial charge in [-0.25, -0.2) is 0 Å². The van der Waals surface area contributed by atoms with Crippen LogP contribution in [0.5, 0.6) is 17.2 Å². The minimum absolute atomic E-state index is 0.214. The van der Waals surface area contributed by atoms with E-state index in [4.69, 9.17) is 14.5 Å². The fraction of sp³-hybridized carbons (Fsp3) is 0.207. The first kappa shape index (κ1) is 20.6. The molecule has 1 atom stereocenters. The van der Waals surface area contributed by atoms with Crippen LogP contribution in [-0.4, -0.2) is 24.2 Å². The van der Waals surface area contributed by atoms with Crippen LogP contribution in [-0.2, 0) is 12.0 Å². The number of nitrogens with zero attached hydrogens (tertiary/aromatic N) is 2. The van der Waals surface area contributed by atoms with Crippen LogP contribution < -0.4 is 14.4 Å². The maximum Gasteiger partial charge on any atom is 0.229 e. The van der Waals surface area contributed by atoms with Gasteiger partial charge in [-0.15, -0.1) is 0 Å². The summed E-state index contributed by atoms with van der Waals surface area (Å²) < 4.78 is 12.3. The fourth-order valence-corrected chi connectivity index (χ4v) is 5.31. The van der Waals surface area contributed by atoms with Crippen LogP contribution in [0.2, 0.25) is 0 Å². The standard InChI is InChI=1S/C29H26N2O3/c1-28(2)24-6-4-5-7-25(24)31(17-19-8-13-22(33-3)14-9-19)29(28)18-30-27-23-16-21(32)12-10-20(23)11-15-26(27)34-29/h4-16,18,32H,17H2,1-3H3. The van der Waals surface area contributed by atoms with E-state index in [1.54, 1.807) is 19.2 Å². The van der Waals surface area contributed by atoms with E-state index in [-0.39, 0.29) is 11.2 Å². The molecule has 2 aliphatic heterocycles. The Morgan fingerprint density at radius 1 is 0.971 bits per heavy atom. The first-order valence-corrected chi connectivity index (χ1v) is 11.4. The number of aromatic hydroxyl groups is 1. The van der Waals surface area contributed by atoms with E-state index in [1.807, 2.05) is 36.5 Å². The molecule has 0 aliphatic carbocycles. The molecule has 0 radical (unpaired) electrons. The van der Waals surface area contributed by atoms with Gasteiger partial charge in [-0.05, 0) is 66.8 Å². The van der Waals surface area contributed by atoms with Crippen LogP contribution in [0.1, 0.15) is 25.0 Å². The highest BCUT2D eigenvalue weighted by molar-refractivity contribution is 6.00. The number of phenolic OH excluding ortho intramolecular Hbond substituents is 1. The number of hydrogen-bond acceptors (Lipinski definition) is 5. The lowest BCUT2D eigenvalue weighted by atomic mass is 9.77. The average molecular weight is 451 g/mol. The highest BCUT2D eigenvalue weighted by Gasteiger charge is 2.59. The van der Waals surface area contributed by atoms with Gasteiger partial charge in [0, 0.05) is 17.6 Å². The summed E-state index contributed by atoms with van der Waals surface area (Å²) in [6.07, 6.45) is 1.95. The molecule has 170 valence electrons. The van der Waals surface area contributed by atoms with Crippen molar-refractivity contribution in [1.29, 1.82) is 0 Å². The van der Waals surface area contributed by atoms with Gasteiger partial charge < -0.3 is 19.5 Å². The van der Waals surface area contributed by atoms with Gasteiger partial charge in [0.25, 0.3) is 0 Å². The third kappa shape index (κ3) is 2.83. The van der Waals surface area contributed by atoms with E-state index in [0.717, 1.165) is 33.5 Å². The molecular weight excluding hydrogens is 424 g/mol. The number of para-hydroxylation sites is 1. The molecule has 2 heterocycles. The molecule has 1 spiro atoms. The number of ether oxygens (including phenoxy) is 2. The Labute approximate surface area is 198 Å². The topological polar surface area (TPSA) is 54.3 Å². The van der Waals surface area contributed by atoms with Gasteiger partial charge in [0.05, 0.1) is 18.7 Å². The second-order valence-corrected chi connectivity index (χ2v) is 9.45. The maximum atomic E-state index is 10.1. The summed E-state index contributed by atoms with van der Waals surface area (Å²) in [5.74, 6) is 1.76. The van der Waals surface area contributed by atoms with Crippen molar-refractivity contribution in [3.05, 3.63) is 90.0 Å². The first-order valence-electron chi connectivity index (χ1n) is 11.4. The molecule has 0 fully saturated rings. The molecule has 0 amide bonds. The summed E-state index contributed by atoms with van der Waals surface area (Å²) in [6, 6.07) is 26.0. The number of aliphatic imine (C=N–C) groups is 1. The van der Waals surface area contributed by atoms with Crippen LogP contribution in [0.3, 0.4) is 0 Å². The zero-order valence-electron chi connectivity index (χ0n) is 19.4. The van der Waals surface area contributed by atoms with Crippen LogP contribution in [0.4, 0.5) is 11.4 Å². The van der Waals surface area contributed by atoms with Gasteiger partial charge >= 0.3 is 0 Å². The molecule has 0 aromatic heterocycles. The van der Waals surface area contributed by atoms with Gasteiger partial charge in [0.15, 0.2) is 0 Å². The maximum absolute atomic E-state index is 10.1. The SMILES string of the molecule is COc1ccc(CN2c3ccccc3C(C)(C)C23C=Nc2c(ccc4ccc(O)cc24)O3)cc1. The van der Waals surface area contributed by atoms with Crippen molar-refractivity contribution in [3.8, 4) is 17.2 Å². The summed E-state index contributed by atoms with van der Waals surface area (Å²) in [7, 11) is 1.68. The van der Waals surface area contributed by atoms with E-state index in [2.05, 4.69) is 55.1 Å². The van der Waals surface area contributed by atoms with Crippen molar-refractivity contribution >= 4 is 28.4 Å². The third-order valence-electron chi connectivity index (χ3n) is 7.24. The number of fused-ring (bicyclic) bond motifs is 4. The Morgan fingerprint density at radius 2 is 1.74 bits per heavy atom. The molecule has 0 saturated carbocycles. The number of anilines is 1. The van der Waals surface area contributed by atoms with Crippen LogP contribution in [0.15, 0.2) is 83.9 Å². The van der Waals surface area contributed by atoms with Gasteiger partial charge in [-0.3, -0.25) is 4.99 Å². The van der Waals surface area contributed by atoms with Crippen molar-refractivity contribution in [1.82, 2.24) is 0 Å². The second-order valence-electron chi connectivity index (χ2n) is 9.45. The molecule has 2 aliphatic rings. The average Bonchev–Trinajstić information content (AvgIpc) is 3.03. The molecule has 34 heavy (non-hydrogen) atoms. The van der Waals surface area contributed by atoms with Crippen molar-refractivity contribution in [2.45, 2.75) is 31.5 Å². The number of benzene rings is 4. The molecular formula is C29H26N2O3. The molecule has 0 saturated heterocycles. The lowest BCUT2D eigenvalue weighted by molar-refractivity contribution is 0.0764. The van der Waals surface area contributed by atoms with Crippen molar-refractivity contribution in [2.24, 2.45) is 4.99 Å². The number of phenols is 1. The minimum atomic E-state index is -0.811. The quantitative estimate of drug-likeness (QED) is 0.396. The third-order valence-corrected chi connectivity index (χ3v) is 7.24. The van der Waals surface area contributed by atoms with Crippen LogP contribution >= 0.6 is 0 Å². The summed E-state index contributed by atoms with van der Waals surface area (Å²) >= 11 is 0. The predicted octanol–water partition coefficient (Wildman–Crippen LogP) is 6.34. The van der Waals surface area contributed by atoms with E-state index in [1.165, 1.54) is 5.56 Å². The molecule has 5 heteroatoms. The van der Waals surface area contributed by atoms with Crippen LogP contribution in [0, 0.1) is 0 Å². The Balaban J connectivity index is 1.50. The molecule has 0 bridgehead atoms. The monoisotopic (exact) mass is 450 g/mol. The highest BCUT2D eigenvalue weighted by Crippen LogP contribution is 2.55. The number of methoxy groups -OCH3 is 1. The van der Waals surface area contributed by atoms with E-state index < -0.39 is 5.72 Å². The van der Waals surface area contributed by atoms with Gasteiger partial charge in [-0.1, -0.05) is 42.5 Å². The Bertz CT molecular complexity index is 1440. The molecule has 4 aromatic rings. The van der Waals surface area contributed by atoms with Crippen molar-refractivity contribution < 1.29 is 14.6 Å². The first-order chi connectivity index (χ1) is 16.4. The summed E-state index contributed by atoms with van der Waals surface area (Å²) in [4.78, 5) is 7.28. The normalized spacial score (nSPS) is 19.7. The van der Waals surface area contributed by atoms with Gasteiger partial charge in [-0.2, -0.15) is 0 Å². The molecule has 1 unspecified atom stereocenters. The number of rotatable bonds is 3. The fourth-order valence-electron chi connectivity index (χ4n) is 5.31. The largest absolute Gasteiger partial charge is 0.508 e. The van der Waals surface area contributed by atoms with Crippen LogP contribution in [0.25, 0.3) is 10.8 Å². The van der Waals surface area contributed by atoms with Gasteiger partial charge in [0.1, 0.15) is 22.9 Å². The van der Waals surface area contributed by atoms with Crippen molar-refractivity contribution in [3.63, 3.8) is 0 Å². The Kier molecular flexibility index (Phi) is 4.40. The molecule has 4 aromatic carbocycles. The molecule has 1 N–H and O–H groups in total. The summed E-state index contributed by atoms with van der Waals surface area (Å²) in [6.45, 7) is 5.08. The second kappa shape index (κ2) is 7.26. The lowest BCUT2D eigenvalue weighted by Crippen LogP contribution is -2.61. The van der Waals surface area contributed by atoms with E-state index in [9.17, 15) is 5.11 Å². The Hall–Kier alpha value is -3.99. The minimum Gasteiger partial charge on any atom is -0.508 e. The molecule has 5 nitrogen and oxygen atoms in total. The molecule has 6 rings (SSSR count). The summed E-state index contributed by atoms with van der Waals surface area (Å²) in [5.41, 5.74) is 3.07. The summed E-state index contributed by atoms with van der Waals surface area (Å²) in [5, 5.41) is 12.0. The highest BCUT2D eigenvalue weighted by atomic mass is 16.5. The number of hydrogen-bond donors (Lipinski definition) is 1. The van der Waals surface area contributed by atoms with Crippen molar-refractivity contribution in [2.75, 3.05) is 12.0 Å². The zero-order valence-corrected chi connectivity index (χ0v) is 19.4. The smallest absolute Gasteiger partial charge is 0.229 e. The zero-order chi connectivity index (χ0) is 23.5. The van der Waals surface area contributed by atoms with E-state index in [0.29, 0.717) is 12.3 Å². The Morgan fingerprint density at radius 3 is 2.53 bits per heavy atom. The van der Waals surface area contributed by atoms with E-state index >= 15 is 0 Å². The lowest BCUT2D eigenvalue weighted by Gasteiger charge is -2.46. The predicted molar refractivity (Wildman–Crippen MR) is 136 cm³/mol. The van der Waals surface area contributed by atoms with Gasteiger partial charge in [0.2, 0.25) is 5.72 Å².